The van der Waals surface area contributed by atoms with E-state index in [-0.39, 0.29) is 17.1 Å². The molecule has 0 aromatic carbocycles. The largest absolute Gasteiger partial charge is 0.469 e. The number of thiol groups is 1. The van der Waals surface area contributed by atoms with E-state index in [2.05, 4.69) is 17.4 Å². The molecule has 1 aliphatic carbocycles. The Balaban J connectivity index is 2.46. The lowest BCUT2D eigenvalue weighted by Crippen LogP contribution is -2.12. The van der Waals surface area contributed by atoms with Crippen molar-refractivity contribution in [2.24, 2.45) is 5.92 Å². The van der Waals surface area contributed by atoms with Crippen LogP contribution in [0, 0.1) is 5.92 Å². The first-order chi connectivity index (χ1) is 4.74. The average molecular weight is 158 g/mol. The van der Waals surface area contributed by atoms with Crippen LogP contribution in [0.25, 0.3) is 0 Å². The SMILES string of the molecule is COC(=O)C1C=CC(S)C1. The molecule has 3 heteroatoms. The molecular weight excluding hydrogens is 148 g/mol. The smallest absolute Gasteiger partial charge is 0.312 e. The highest BCUT2D eigenvalue weighted by molar-refractivity contribution is 7.81. The van der Waals surface area contributed by atoms with Crippen LogP contribution in [0.15, 0.2) is 12.2 Å². The molecule has 2 nitrogen and oxygen atoms in total. The molecule has 0 aromatic rings. The van der Waals surface area contributed by atoms with Gasteiger partial charge in [0.15, 0.2) is 0 Å². The summed E-state index contributed by atoms with van der Waals surface area (Å²) in [6, 6.07) is 0. The molecule has 0 amide bonds. The van der Waals surface area contributed by atoms with Gasteiger partial charge in [0.25, 0.3) is 0 Å². The Morgan fingerprint density at radius 2 is 2.40 bits per heavy atom. The summed E-state index contributed by atoms with van der Waals surface area (Å²) < 4.78 is 4.56. The summed E-state index contributed by atoms with van der Waals surface area (Å²) in [6.07, 6.45) is 4.55. The number of ether oxygens (including phenoxy) is 1. The first-order valence-corrected chi connectivity index (χ1v) is 3.70. The van der Waals surface area contributed by atoms with Gasteiger partial charge >= 0.3 is 5.97 Å². The Labute approximate surface area is 65.7 Å². The molecule has 1 aliphatic rings. The fourth-order valence-corrected chi connectivity index (χ4v) is 1.33. The highest BCUT2D eigenvalue weighted by atomic mass is 32.1. The van der Waals surface area contributed by atoms with Crippen molar-refractivity contribution in [2.45, 2.75) is 11.7 Å². The van der Waals surface area contributed by atoms with Crippen LogP contribution >= 0.6 is 12.6 Å². The lowest BCUT2D eigenvalue weighted by molar-refractivity contribution is -0.143. The minimum Gasteiger partial charge on any atom is -0.469 e. The van der Waals surface area contributed by atoms with Gasteiger partial charge in [0, 0.05) is 5.25 Å². The van der Waals surface area contributed by atoms with Gasteiger partial charge in [0.2, 0.25) is 0 Å². The Morgan fingerprint density at radius 1 is 1.70 bits per heavy atom. The third-order valence-corrected chi connectivity index (χ3v) is 1.95. The summed E-state index contributed by atoms with van der Waals surface area (Å²) in [5.74, 6) is -0.222. The van der Waals surface area contributed by atoms with Crippen molar-refractivity contribution < 1.29 is 9.53 Å². The maximum atomic E-state index is 10.9. The number of hydrogen-bond donors (Lipinski definition) is 1. The number of carbonyl (C=O) groups excluding carboxylic acids is 1. The predicted octanol–water partition coefficient (Wildman–Crippen LogP) is 1.03. The van der Waals surface area contributed by atoms with Gasteiger partial charge in [0.05, 0.1) is 13.0 Å². The normalized spacial score (nSPS) is 30.6. The molecule has 0 radical (unpaired) electrons. The maximum absolute atomic E-state index is 10.9. The quantitative estimate of drug-likeness (QED) is 0.350. The molecule has 0 saturated carbocycles. The number of hydrogen-bond acceptors (Lipinski definition) is 3. The predicted molar refractivity (Wildman–Crippen MR) is 42.0 cm³/mol. The number of esters is 1. The summed E-state index contributed by atoms with van der Waals surface area (Å²) in [6.45, 7) is 0. The van der Waals surface area contributed by atoms with Gasteiger partial charge in [-0.3, -0.25) is 4.79 Å². The number of methoxy groups -OCH3 is 1. The summed E-state index contributed by atoms with van der Waals surface area (Å²) >= 11 is 4.19. The second-order valence-electron chi connectivity index (χ2n) is 2.32. The Bertz CT molecular complexity index is 165. The van der Waals surface area contributed by atoms with E-state index < -0.39 is 0 Å². The minimum absolute atomic E-state index is 0.0625. The van der Waals surface area contributed by atoms with Crippen molar-refractivity contribution in [2.75, 3.05) is 7.11 Å². The minimum atomic E-state index is -0.159. The van der Waals surface area contributed by atoms with Crippen molar-refractivity contribution >= 4 is 18.6 Å². The van der Waals surface area contributed by atoms with E-state index in [1.54, 1.807) is 0 Å². The van der Waals surface area contributed by atoms with Gasteiger partial charge in [-0.15, -0.1) is 0 Å². The molecule has 0 N–H and O–H groups in total. The fraction of sp³-hybridized carbons (Fsp3) is 0.571. The van der Waals surface area contributed by atoms with Gasteiger partial charge in [-0.2, -0.15) is 12.6 Å². The molecule has 0 spiro atoms. The van der Waals surface area contributed by atoms with Gasteiger partial charge in [-0.1, -0.05) is 12.2 Å². The highest BCUT2D eigenvalue weighted by Gasteiger charge is 2.22. The van der Waals surface area contributed by atoms with E-state index in [0.717, 1.165) is 6.42 Å². The molecule has 1 rings (SSSR count). The molecule has 2 unspecified atom stereocenters. The topological polar surface area (TPSA) is 26.3 Å². The first kappa shape index (κ1) is 7.66. The lowest BCUT2D eigenvalue weighted by atomic mass is 10.1. The molecule has 0 heterocycles. The third-order valence-electron chi connectivity index (χ3n) is 1.56. The highest BCUT2D eigenvalue weighted by Crippen LogP contribution is 2.22. The Kier molecular flexibility index (Phi) is 2.38. The van der Waals surface area contributed by atoms with Crippen LogP contribution in [0.1, 0.15) is 6.42 Å². The Hall–Kier alpha value is -0.440. The monoisotopic (exact) mass is 158 g/mol. The molecule has 10 heavy (non-hydrogen) atoms. The summed E-state index contributed by atoms with van der Waals surface area (Å²) in [5, 5.41) is 0.226. The average Bonchev–Trinajstić information content (AvgIpc) is 2.34. The molecule has 0 bridgehead atoms. The summed E-state index contributed by atoms with van der Waals surface area (Å²) in [4.78, 5) is 10.9. The fourth-order valence-electron chi connectivity index (χ4n) is 1.01. The van der Waals surface area contributed by atoms with Crippen molar-refractivity contribution in [1.29, 1.82) is 0 Å². The van der Waals surface area contributed by atoms with E-state index in [4.69, 9.17) is 0 Å². The van der Waals surface area contributed by atoms with Crippen LogP contribution in [0.5, 0.6) is 0 Å². The van der Waals surface area contributed by atoms with E-state index >= 15 is 0 Å². The second-order valence-corrected chi connectivity index (χ2v) is 2.98. The summed E-state index contributed by atoms with van der Waals surface area (Å²) in [5.41, 5.74) is 0. The third kappa shape index (κ3) is 1.53. The summed E-state index contributed by atoms with van der Waals surface area (Å²) in [7, 11) is 1.40. The van der Waals surface area contributed by atoms with E-state index in [9.17, 15) is 4.79 Å². The standard InChI is InChI=1S/C7H10O2S/c1-9-7(8)5-2-3-6(10)4-5/h2-3,5-6,10H,4H2,1H3. The van der Waals surface area contributed by atoms with Crippen LogP contribution in [0.2, 0.25) is 0 Å². The van der Waals surface area contributed by atoms with Crippen molar-refractivity contribution in [3.63, 3.8) is 0 Å². The zero-order chi connectivity index (χ0) is 7.56. The molecule has 0 aliphatic heterocycles. The van der Waals surface area contributed by atoms with Crippen LogP contribution in [-0.2, 0) is 9.53 Å². The Morgan fingerprint density at radius 3 is 2.80 bits per heavy atom. The van der Waals surface area contributed by atoms with Crippen LogP contribution in [-0.4, -0.2) is 18.3 Å². The van der Waals surface area contributed by atoms with Crippen molar-refractivity contribution in [3.8, 4) is 0 Å². The van der Waals surface area contributed by atoms with E-state index in [1.807, 2.05) is 12.2 Å². The number of carbonyl (C=O) groups is 1. The van der Waals surface area contributed by atoms with Crippen molar-refractivity contribution in [3.05, 3.63) is 12.2 Å². The van der Waals surface area contributed by atoms with E-state index in [1.165, 1.54) is 7.11 Å². The molecular formula is C7H10O2S. The zero-order valence-corrected chi connectivity index (χ0v) is 6.67. The lowest BCUT2D eigenvalue weighted by Gasteiger charge is -2.04. The van der Waals surface area contributed by atoms with Crippen LogP contribution in [0.3, 0.4) is 0 Å². The van der Waals surface area contributed by atoms with Gasteiger partial charge in [-0.25, -0.2) is 0 Å². The van der Waals surface area contributed by atoms with Gasteiger partial charge in [-0.05, 0) is 6.42 Å². The van der Waals surface area contributed by atoms with Gasteiger partial charge in [0.1, 0.15) is 0 Å². The zero-order valence-electron chi connectivity index (χ0n) is 5.78. The van der Waals surface area contributed by atoms with Crippen LogP contribution < -0.4 is 0 Å². The van der Waals surface area contributed by atoms with Crippen LogP contribution in [0.4, 0.5) is 0 Å². The van der Waals surface area contributed by atoms with E-state index in [0.29, 0.717) is 0 Å². The molecule has 0 saturated heterocycles. The molecule has 2 atom stereocenters. The maximum Gasteiger partial charge on any atom is 0.312 e. The van der Waals surface area contributed by atoms with Gasteiger partial charge < -0.3 is 4.74 Å². The molecule has 0 aromatic heterocycles. The second kappa shape index (κ2) is 3.10. The molecule has 0 fully saturated rings. The van der Waals surface area contributed by atoms with Crippen molar-refractivity contribution in [1.82, 2.24) is 0 Å². The molecule has 56 valence electrons. The number of rotatable bonds is 1. The first-order valence-electron chi connectivity index (χ1n) is 3.18.